The van der Waals surface area contributed by atoms with Crippen LogP contribution >= 0.6 is 0 Å². The molecular weight excluding hydrogens is 395 g/mol. The van der Waals surface area contributed by atoms with E-state index >= 15 is 0 Å². The molecule has 0 bridgehead atoms. The van der Waals surface area contributed by atoms with Crippen molar-refractivity contribution in [1.82, 2.24) is 20.3 Å². The number of benzene rings is 1. The van der Waals surface area contributed by atoms with Gasteiger partial charge in [-0.25, -0.2) is 0 Å². The van der Waals surface area contributed by atoms with Gasteiger partial charge in [-0.2, -0.15) is 15.0 Å². The molecule has 0 atom stereocenters. The first-order valence-electron chi connectivity index (χ1n) is 8.60. The highest BCUT2D eigenvalue weighted by atomic mass is 19.4. The van der Waals surface area contributed by atoms with E-state index in [9.17, 15) is 18.0 Å². The SMILES string of the molecule is COc1nc(CNC(=O)c2ccccc2OC(F)(F)F)nc(N2CCOCC2)n1. The Bertz CT molecular complexity index is 859. The summed E-state index contributed by atoms with van der Waals surface area (Å²) < 4.78 is 51.9. The van der Waals surface area contributed by atoms with Gasteiger partial charge in [-0.3, -0.25) is 4.79 Å². The van der Waals surface area contributed by atoms with E-state index in [1.807, 2.05) is 4.90 Å². The van der Waals surface area contributed by atoms with E-state index in [-0.39, 0.29) is 23.9 Å². The molecule has 2 aromatic rings. The number of methoxy groups -OCH3 is 1. The minimum absolute atomic E-state index is 0.0616. The Balaban J connectivity index is 1.73. The molecule has 1 aliphatic rings. The minimum atomic E-state index is -4.91. The summed E-state index contributed by atoms with van der Waals surface area (Å²) in [6.45, 7) is 2.07. The van der Waals surface area contributed by atoms with E-state index in [1.54, 1.807) is 0 Å². The number of nitrogens with zero attached hydrogens (tertiary/aromatic N) is 4. The van der Waals surface area contributed by atoms with Crippen LogP contribution < -0.4 is 19.7 Å². The maximum absolute atomic E-state index is 12.5. The highest BCUT2D eigenvalue weighted by molar-refractivity contribution is 5.96. The molecule has 0 spiro atoms. The largest absolute Gasteiger partial charge is 0.573 e. The van der Waals surface area contributed by atoms with Gasteiger partial charge >= 0.3 is 12.4 Å². The number of rotatable bonds is 6. The van der Waals surface area contributed by atoms with Crippen molar-refractivity contribution in [3.63, 3.8) is 0 Å². The van der Waals surface area contributed by atoms with Crippen LogP contribution in [0.5, 0.6) is 11.8 Å². The third-order valence-electron chi connectivity index (χ3n) is 3.89. The number of hydrogen-bond acceptors (Lipinski definition) is 8. The Labute approximate surface area is 163 Å². The molecule has 0 unspecified atom stereocenters. The van der Waals surface area contributed by atoms with Crippen LogP contribution in [-0.4, -0.2) is 60.6 Å². The highest BCUT2D eigenvalue weighted by Crippen LogP contribution is 2.26. The molecule has 12 heteroatoms. The summed E-state index contributed by atoms with van der Waals surface area (Å²) in [6.07, 6.45) is -4.91. The minimum Gasteiger partial charge on any atom is -0.467 e. The second-order valence-corrected chi connectivity index (χ2v) is 5.86. The number of aromatic nitrogens is 3. The second-order valence-electron chi connectivity index (χ2n) is 5.86. The van der Waals surface area contributed by atoms with Crippen LogP contribution in [0, 0.1) is 0 Å². The lowest BCUT2D eigenvalue weighted by Crippen LogP contribution is -2.37. The quantitative estimate of drug-likeness (QED) is 0.762. The van der Waals surface area contributed by atoms with Crippen molar-refractivity contribution in [2.45, 2.75) is 12.9 Å². The molecule has 1 N–H and O–H groups in total. The van der Waals surface area contributed by atoms with Gasteiger partial charge in [-0.05, 0) is 12.1 Å². The van der Waals surface area contributed by atoms with E-state index in [2.05, 4.69) is 25.0 Å². The zero-order valence-electron chi connectivity index (χ0n) is 15.4. The molecule has 0 saturated carbocycles. The predicted molar refractivity (Wildman–Crippen MR) is 93.7 cm³/mol. The molecule has 9 nitrogen and oxygen atoms in total. The lowest BCUT2D eigenvalue weighted by molar-refractivity contribution is -0.274. The standard InChI is InChI=1S/C17H18F3N5O4/c1-27-16-23-13(22-15(24-16)25-6-8-28-9-7-25)10-21-14(26)11-4-2-3-5-12(11)29-17(18,19)20/h2-5H,6-10H2,1H3,(H,21,26). The number of morpholine rings is 1. The first-order chi connectivity index (χ1) is 13.9. The highest BCUT2D eigenvalue weighted by Gasteiger charge is 2.32. The van der Waals surface area contributed by atoms with Gasteiger partial charge in [0.05, 0.1) is 32.4 Å². The molecule has 0 radical (unpaired) electrons. The van der Waals surface area contributed by atoms with Crippen LogP contribution in [0.15, 0.2) is 24.3 Å². The predicted octanol–water partition coefficient (Wildman–Crippen LogP) is 1.55. The van der Waals surface area contributed by atoms with E-state index in [1.165, 1.54) is 25.3 Å². The fourth-order valence-electron chi connectivity index (χ4n) is 2.58. The van der Waals surface area contributed by atoms with Gasteiger partial charge < -0.3 is 24.4 Å². The Morgan fingerprint density at radius 2 is 1.93 bits per heavy atom. The van der Waals surface area contributed by atoms with Crippen LogP contribution in [-0.2, 0) is 11.3 Å². The van der Waals surface area contributed by atoms with Gasteiger partial charge in [-0.15, -0.1) is 13.2 Å². The van der Waals surface area contributed by atoms with E-state index in [0.717, 1.165) is 6.07 Å². The normalized spacial score (nSPS) is 14.4. The number of nitrogens with one attached hydrogen (secondary N) is 1. The van der Waals surface area contributed by atoms with Gasteiger partial charge in [0.15, 0.2) is 5.82 Å². The molecule has 156 valence electrons. The smallest absolute Gasteiger partial charge is 0.467 e. The molecule has 1 aromatic heterocycles. The van der Waals surface area contributed by atoms with Crippen molar-refractivity contribution in [3.05, 3.63) is 35.7 Å². The number of ether oxygens (including phenoxy) is 3. The molecule has 3 rings (SSSR count). The van der Waals surface area contributed by atoms with E-state index in [4.69, 9.17) is 9.47 Å². The number of para-hydroxylation sites is 1. The van der Waals surface area contributed by atoms with Gasteiger partial charge in [0.1, 0.15) is 5.75 Å². The molecule has 29 heavy (non-hydrogen) atoms. The van der Waals surface area contributed by atoms with Crippen LogP contribution in [0.25, 0.3) is 0 Å². The molecule has 1 saturated heterocycles. The monoisotopic (exact) mass is 413 g/mol. The van der Waals surface area contributed by atoms with Gasteiger partial charge in [0.25, 0.3) is 5.91 Å². The molecule has 0 aliphatic carbocycles. The van der Waals surface area contributed by atoms with Gasteiger partial charge in [0.2, 0.25) is 5.95 Å². The van der Waals surface area contributed by atoms with E-state index in [0.29, 0.717) is 32.3 Å². The number of amides is 1. The van der Waals surface area contributed by atoms with E-state index < -0.39 is 18.0 Å². The molecule has 1 amide bonds. The van der Waals surface area contributed by atoms with Crippen molar-refractivity contribution < 1.29 is 32.2 Å². The van der Waals surface area contributed by atoms with Crippen LogP contribution in [0.4, 0.5) is 19.1 Å². The second kappa shape index (κ2) is 8.90. The number of anilines is 1. The van der Waals surface area contributed by atoms with Crippen LogP contribution in [0.3, 0.4) is 0 Å². The number of carbonyl (C=O) groups is 1. The Hall–Kier alpha value is -3.15. The molecule has 1 fully saturated rings. The average Bonchev–Trinajstić information content (AvgIpc) is 2.71. The van der Waals surface area contributed by atoms with Gasteiger partial charge in [0, 0.05) is 13.1 Å². The van der Waals surface area contributed by atoms with Crippen LogP contribution in [0.2, 0.25) is 0 Å². The first-order valence-corrected chi connectivity index (χ1v) is 8.60. The number of alkyl halides is 3. The topological polar surface area (TPSA) is 98.7 Å². The molecular formula is C17H18F3N5O4. The zero-order valence-corrected chi connectivity index (χ0v) is 15.4. The Morgan fingerprint density at radius 1 is 1.21 bits per heavy atom. The molecule has 2 heterocycles. The van der Waals surface area contributed by atoms with Crippen molar-refractivity contribution in [1.29, 1.82) is 0 Å². The fraction of sp³-hybridized carbons (Fsp3) is 0.412. The third-order valence-corrected chi connectivity index (χ3v) is 3.89. The summed E-state index contributed by atoms with van der Waals surface area (Å²) in [5, 5.41) is 2.49. The molecule has 1 aromatic carbocycles. The maximum Gasteiger partial charge on any atom is 0.573 e. The third kappa shape index (κ3) is 5.67. The zero-order chi connectivity index (χ0) is 20.9. The Morgan fingerprint density at radius 3 is 2.62 bits per heavy atom. The summed E-state index contributed by atoms with van der Waals surface area (Å²) in [5.41, 5.74) is -0.265. The van der Waals surface area contributed by atoms with Crippen molar-refractivity contribution in [3.8, 4) is 11.8 Å². The summed E-state index contributed by atoms with van der Waals surface area (Å²) in [6, 6.07) is 5.12. The van der Waals surface area contributed by atoms with Crippen molar-refractivity contribution >= 4 is 11.9 Å². The fourth-order valence-corrected chi connectivity index (χ4v) is 2.58. The summed E-state index contributed by atoms with van der Waals surface area (Å²) in [7, 11) is 1.39. The van der Waals surface area contributed by atoms with Crippen LogP contribution in [0.1, 0.15) is 16.2 Å². The summed E-state index contributed by atoms with van der Waals surface area (Å²) >= 11 is 0. The van der Waals surface area contributed by atoms with Crippen molar-refractivity contribution in [2.24, 2.45) is 0 Å². The number of carbonyl (C=O) groups excluding carboxylic acids is 1. The Kier molecular flexibility index (Phi) is 6.32. The first kappa shape index (κ1) is 20.6. The van der Waals surface area contributed by atoms with Crippen molar-refractivity contribution in [2.75, 3.05) is 38.3 Å². The average molecular weight is 413 g/mol. The van der Waals surface area contributed by atoms with Gasteiger partial charge in [-0.1, -0.05) is 12.1 Å². The number of halogens is 3. The molecule has 1 aliphatic heterocycles. The lowest BCUT2D eigenvalue weighted by Gasteiger charge is -2.26. The number of hydrogen-bond donors (Lipinski definition) is 1. The summed E-state index contributed by atoms with van der Waals surface area (Å²) in [5.74, 6) is -0.803. The summed E-state index contributed by atoms with van der Waals surface area (Å²) in [4.78, 5) is 26.8. The lowest BCUT2D eigenvalue weighted by atomic mass is 10.2. The maximum atomic E-state index is 12.5.